The number of carbonyl (C=O) groups excluding carboxylic acids is 1. The van der Waals surface area contributed by atoms with Crippen LogP contribution in [0.3, 0.4) is 0 Å². The van der Waals surface area contributed by atoms with Crippen LogP contribution < -0.4 is 0 Å². The third-order valence-electron chi connectivity index (χ3n) is 3.04. The van der Waals surface area contributed by atoms with Crippen molar-refractivity contribution in [1.29, 1.82) is 0 Å². The van der Waals surface area contributed by atoms with E-state index in [1.54, 1.807) is 13.8 Å². The highest BCUT2D eigenvalue weighted by Crippen LogP contribution is 2.20. The first kappa shape index (κ1) is 16.6. The molecule has 23 heavy (non-hydrogen) atoms. The molecule has 0 heterocycles. The molecular weight excluding hydrogens is 324 g/mol. The third-order valence-corrected chi connectivity index (χ3v) is 4.15. The van der Waals surface area contributed by atoms with E-state index in [0.29, 0.717) is 11.1 Å². The molecule has 120 valence electrons. The summed E-state index contributed by atoms with van der Waals surface area (Å²) < 4.78 is 28.7. The molecule has 0 unspecified atom stereocenters. The minimum absolute atomic E-state index is 0.191. The summed E-state index contributed by atoms with van der Waals surface area (Å²) in [7, 11) is -4.30. The number of carbonyl (C=O) groups is 1. The topological polar surface area (TPSA) is 116 Å². The zero-order valence-electron chi connectivity index (χ0n) is 12.2. The average molecular weight is 336 g/mol. The van der Waals surface area contributed by atoms with Gasteiger partial charge in [-0.3, -0.25) is 19.2 Å². The van der Waals surface area contributed by atoms with Crippen molar-refractivity contribution < 1.29 is 22.4 Å². The standard InChI is InChI=1S/C14H12N2O6S/c1-9-7-14(17)10(2)6-13(9)15-22-23(20,21)12-5-3-4-11(8-12)16(18)19/h3-8H,1-2H3/b15-13-. The second kappa shape index (κ2) is 6.13. The summed E-state index contributed by atoms with van der Waals surface area (Å²) >= 11 is 0. The van der Waals surface area contributed by atoms with Crippen molar-refractivity contribution in [2.45, 2.75) is 18.7 Å². The maximum atomic E-state index is 12.0. The zero-order chi connectivity index (χ0) is 17.2. The monoisotopic (exact) mass is 336 g/mol. The van der Waals surface area contributed by atoms with Crippen LogP contribution in [-0.4, -0.2) is 24.8 Å². The number of benzene rings is 1. The summed E-state index contributed by atoms with van der Waals surface area (Å²) in [5, 5.41) is 14.2. The van der Waals surface area contributed by atoms with Gasteiger partial charge in [-0.1, -0.05) is 11.2 Å². The summed E-state index contributed by atoms with van der Waals surface area (Å²) in [4.78, 5) is 21.0. The van der Waals surface area contributed by atoms with Crippen LogP contribution in [0.25, 0.3) is 0 Å². The molecule has 0 bridgehead atoms. The Hall–Kier alpha value is -2.81. The number of allylic oxidation sites excluding steroid dienone is 4. The lowest BCUT2D eigenvalue weighted by Crippen LogP contribution is -2.12. The van der Waals surface area contributed by atoms with E-state index in [9.17, 15) is 23.3 Å². The number of non-ortho nitro benzene ring substituents is 1. The molecule has 9 heteroatoms. The summed E-state index contributed by atoms with van der Waals surface area (Å²) in [6.45, 7) is 3.15. The summed E-state index contributed by atoms with van der Waals surface area (Å²) in [6.07, 6.45) is 2.72. The molecule has 1 aromatic carbocycles. The largest absolute Gasteiger partial charge is 0.358 e. The first-order chi connectivity index (χ1) is 10.7. The molecule has 1 aliphatic rings. The van der Waals surface area contributed by atoms with E-state index in [0.717, 1.165) is 18.2 Å². The van der Waals surface area contributed by atoms with E-state index in [1.165, 1.54) is 18.2 Å². The first-order valence-corrected chi connectivity index (χ1v) is 7.79. The summed E-state index contributed by atoms with van der Waals surface area (Å²) in [5.74, 6) is -0.192. The molecule has 0 aromatic heterocycles. The lowest BCUT2D eigenvalue weighted by Gasteiger charge is -2.09. The van der Waals surface area contributed by atoms with Gasteiger partial charge in [-0.2, -0.15) is 8.42 Å². The number of rotatable bonds is 4. The van der Waals surface area contributed by atoms with E-state index in [-0.39, 0.29) is 22.1 Å². The normalized spacial score (nSPS) is 16.8. The van der Waals surface area contributed by atoms with Crippen molar-refractivity contribution in [2.75, 3.05) is 0 Å². The Morgan fingerprint density at radius 1 is 1.17 bits per heavy atom. The van der Waals surface area contributed by atoms with Crippen LogP contribution in [0.1, 0.15) is 13.8 Å². The van der Waals surface area contributed by atoms with Crippen LogP contribution in [0.4, 0.5) is 5.69 Å². The van der Waals surface area contributed by atoms with Gasteiger partial charge in [0.05, 0.1) is 4.92 Å². The maximum absolute atomic E-state index is 12.0. The van der Waals surface area contributed by atoms with E-state index < -0.39 is 15.0 Å². The van der Waals surface area contributed by atoms with Gasteiger partial charge in [0, 0.05) is 12.1 Å². The molecule has 0 atom stereocenters. The maximum Gasteiger partial charge on any atom is 0.358 e. The van der Waals surface area contributed by atoms with E-state index >= 15 is 0 Å². The molecule has 1 aliphatic carbocycles. The van der Waals surface area contributed by atoms with Crippen LogP contribution in [0.15, 0.2) is 57.6 Å². The Morgan fingerprint density at radius 2 is 1.87 bits per heavy atom. The number of oxime groups is 1. The molecule has 0 fully saturated rings. The van der Waals surface area contributed by atoms with Gasteiger partial charge in [-0.25, -0.2) is 0 Å². The Labute approximate surface area is 132 Å². The number of hydrogen-bond acceptors (Lipinski definition) is 7. The van der Waals surface area contributed by atoms with Crippen LogP contribution in [0.2, 0.25) is 0 Å². The van der Waals surface area contributed by atoms with Gasteiger partial charge >= 0.3 is 10.1 Å². The number of ketones is 1. The van der Waals surface area contributed by atoms with E-state index in [1.807, 2.05) is 0 Å². The van der Waals surface area contributed by atoms with Crippen LogP contribution in [-0.2, 0) is 19.2 Å². The minimum atomic E-state index is -4.30. The summed E-state index contributed by atoms with van der Waals surface area (Å²) in [6, 6.07) is 4.44. The highest BCUT2D eigenvalue weighted by atomic mass is 32.2. The Morgan fingerprint density at radius 3 is 2.52 bits per heavy atom. The van der Waals surface area contributed by atoms with Gasteiger partial charge in [0.15, 0.2) is 5.78 Å². The predicted octanol–water partition coefficient (Wildman–Crippen LogP) is 2.13. The quantitative estimate of drug-likeness (QED) is 0.472. The predicted molar refractivity (Wildman–Crippen MR) is 81.3 cm³/mol. The molecule has 0 radical (unpaired) electrons. The third kappa shape index (κ3) is 3.69. The van der Waals surface area contributed by atoms with Crippen LogP contribution >= 0.6 is 0 Å². The second-order valence-corrected chi connectivity index (χ2v) is 6.31. The second-order valence-electron chi connectivity index (χ2n) is 4.78. The molecular formula is C14H12N2O6S. The Bertz CT molecular complexity index is 880. The summed E-state index contributed by atoms with van der Waals surface area (Å²) in [5.41, 5.74) is 0.661. The number of nitro groups is 1. The molecule has 8 nitrogen and oxygen atoms in total. The van der Waals surface area contributed by atoms with Crippen LogP contribution in [0, 0.1) is 10.1 Å². The molecule has 0 saturated heterocycles. The molecule has 0 aliphatic heterocycles. The van der Waals surface area contributed by atoms with Gasteiger partial charge < -0.3 is 0 Å². The lowest BCUT2D eigenvalue weighted by molar-refractivity contribution is -0.385. The lowest BCUT2D eigenvalue weighted by atomic mass is 9.99. The highest BCUT2D eigenvalue weighted by Gasteiger charge is 2.20. The van der Waals surface area contributed by atoms with Gasteiger partial charge in [-0.05, 0) is 43.2 Å². The molecule has 2 rings (SSSR count). The molecule has 0 N–H and O–H groups in total. The van der Waals surface area contributed by atoms with Crippen molar-refractivity contribution in [3.8, 4) is 0 Å². The zero-order valence-corrected chi connectivity index (χ0v) is 13.0. The van der Waals surface area contributed by atoms with Gasteiger partial charge in [0.1, 0.15) is 10.6 Å². The van der Waals surface area contributed by atoms with Crippen LogP contribution in [0.5, 0.6) is 0 Å². The van der Waals surface area contributed by atoms with E-state index in [4.69, 9.17) is 0 Å². The van der Waals surface area contributed by atoms with Crippen molar-refractivity contribution in [3.05, 3.63) is 57.7 Å². The van der Waals surface area contributed by atoms with Crippen molar-refractivity contribution in [1.82, 2.24) is 0 Å². The number of nitrogens with zero attached hydrogens (tertiary/aromatic N) is 2. The molecule has 1 aromatic rings. The van der Waals surface area contributed by atoms with Gasteiger partial charge in [-0.15, -0.1) is 0 Å². The molecule has 0 spiro atoms. The smallest absolute Gasteiger partial charge is 0.290 e. The molecule has 0 saturated carbocycles. The van der Waals surface area contributed by atoms with E-state index in [2.05, 4.69) is 9.44 Å². The van der Waals surface area contributed by atoms with Gasteiger partial charge in [0.2, 0.25) is 0 Å². The first-order valence-electron chi connectivity index (χ1n) is 6.38. The average Bonchev–Trinajstić information content (AvgIpc) is 2.49. The Kier molecular flexibility index (Phi) is 4.41. The SMILES string of the molecule is CC1=C/C(=N/OS(=O)(=O)c2cccc([N+](=O)[O-])c2)C(C)=CC1=O. The van der Waals surface area contributed by atoms with Crippen molar-refractivity contribution in [2.24, 2.45) is 5.16 Å². The number of nitro benzene ring substituents is 1. The van der Waals surface area contributed by atoms with Gasteiger partial charge in [0.25, 0.3) is 5.69 Å². The minimum Gasteiger partial charge on any atom is -0.290 e. The highest BCUT2D eigenvalue weighted by molar-refractivity contribution is 7.86. The van der Waals surface area contributed by atoms with Crippen molar-refractivity contribution in [3.63, 3.8) is 0 Å². The fourth-order valence-electron chi connectivity index (χ4n) is 1.76. The molecule has 0 amide bonds. The Balaban J connectivity index is 2.31. The number of hydrogen-bond donors (Lipinski definition) is 0. The fourth-order valence-corrected chi connectivity index (χ4v) is 2.53. The fraction of sp³-hybridized carbons (Fsp3) is 0.143. The van der Waals surface area contributed by atoms with Crippen molar-refractivity contribution >= 4 is 27.3 Å².